The van der Waals surface area contributed by atoms with Gasteiger partial charge in [-0.15, -0.1) is 0 Å². The SMILES string of the molecule is O=P(O)(O)CP(=O)(O)OC[C@H]1O[C@@H](n2ncc3c(N/N=C/C4CC4)nc(Cl)nc32)[C@H](O)[C@@H]1O. The van der Waals surface area contributed by atoms with Gasteiger partial charge in [0.1, 0.15) is 18.3 Å². The Bertz CT molecular complexity index is 1150. The fraction of sp³-hybridized carbons (Fsp3) is 0.600. The number of hydrogen-bond acceptors (Lipinski definition) is 11. The first kappa shape index (κ1) is 24.6. The molecule has 6 N–H and O–H groups in total. The minimum atomic E-state index is -4.82. The van der Waals surface area contributed by atoms with Crippen molar-refractivity contribution in [2.75, 3.05) is 17.9 Å². The summed E-state index contributed by atoms with van der Waals surface area (Å²) in [6.07, 6.45) is -0.421. The number of hydrazone groups is 1. The molecule has 33 heavy (non-hydrogen) atoms. The van der Waals surface area contributed by atoms with E-state index in [1.165, 1.54) is 6.20 Å². The first-order chi connectivity index (χ1) is 15.4. The zero-order valence-electron chi connectivity index (χ0n) is 16.7. The third-order valence-electron chi connectivity index (χ3n) is 4.89. The van der Waals surface area contributed by atoms with E-state index in [4.69, 9.17) is 26.1 Å². The molecule has 0 aromatic carbocycles. The van der Waals surface area contributed by atoms with Gasteiger partial charge in [-0.2, -0.15) is 20.2 Å². The molecule has 1 saturated carbocycles. The van der Waals surface area contributed by atoms with Crippen LogP contribution in [-0.2, 0) is 18.4 Å². The van der Waals surface area contributed by atoms with Crippen LogP contribution < -0.4 is 5.43 Å². The molecule has 0 amide bonds. The highest BCUT2D eigenvalue weighted by Gasteiger charge is 2.46. The normalized spacial score (nSPS) is 27.9. The van der Waals surface area contributed by atoms with Gasteiger partial charge in [0.15, 0.2) is 23.6 Å². The largest absolute Gasteiger partial charge is 0.387 e. The van der Waals surface area contributed by atoms with Crippen LogP contribution >= 0.6 is 26.8 Å². The smallest absolute Gasteiger partial charge is 0.340 e. The van der Waals surface area contributed by atoms with Crippen molar-refractivity contribution in [1.29, 1.82) is 0 Å². The second kappa shape index (κ2) is 9.27. The molecule has 1 unspecified atom stereocenters. The lowest BCUT2D eigenvalue weighted by atomic mass is 10.1. The topological polar surface area (TPSA) is 222 Å². The molecule has 182 valence electrons. The van der Waals surface area contributed by atoms with Crippen molar-refractivity contribution in [3.05, 3.63) is 11.5 Å². The third-order valence-corrected chi connectivity index (χ3v) is 8.51. The van der Waals surface area contributed by atoms with Crippen LogP contribution in [0.4, 0.5) is 5.82 Å². The molecule has 2 aromatic heterocycles. The molecular formula is C15H21ClN6O9P2. The Kier molecular flexibility index (Phi) is 6.91. The number of fused-ring (bicyclic) bond motifs is 1. The molecule has 2 aromatic rings. The number of rotatable bonds is 9. The first-order valence-corrected chi connectivity index (χ1v) is 13.6. The lowest BCUT2D eigenvalue weighted by Crippen LogP contribution is -2.33. The van der Waals surface area contributed by atoms with E-state index in [-0.39, 0.29) is 16.7 Å². The molecule has 2 fully saturated rings. The summed E-state index contributed by atoms with van der Waals surface area (Å²) in [6.45, 7) is -0.722. The van der Waals surface area contributed by atoms with Crippen molar-refractivity contribution < 1.29 is 43.3 Å². The van der Waals surface area contributed by atoms with Crippen LogP contribution in [0.3, 0.4) is 0 Å². The van der Waals surface area contributed by atoms with Crippen molar-refractivity contribution >= 4 is 49.9 Å². The van der Waals surface area contributed by atoms with Gasteiger partial charge < -0.3 is 34.2 Å². The average Bonchev–Trinajstić information content (AvgIpc) is 3.36. The molecule has 1 saturated heterocycles. The fourth-order valence-corrected chi connectivity index (χ4v) is 5.89. The second-order valence-electron chi connectivity index (χ2n) is 7.68. The van der Waals surface area contributed by atoms with E-state index in [0.717, 1.165) is 17.5 Å². The summed E-state index contributed by atoms with van der Waals surface area (Å²) in [6, 6.07) is 0. The quantitative estimate of drug-likeness (QED) is 0.112. The van der Waals surface area contributed by atoms with Crippen molar-refractivity contribution in [2.24, 2.45) is 11.0 Å². The number of aliphatic hydroxyl groups is 2. The van der Waals surface area contributed by atoms with Gasteiger partial charge in [-0.3, -0.25) is 14.6 Å². The third kappa shape index (κ3) is 5.95. The van der Waals surface area contributed by atoms with Gasteiger partial charge in [-0.05, 0) is 30.4 Å². The van der Waals surface area contributed by atoms with Gasteiger partial charge >= 0.3 is 15.2 Å². The molecule has 0 spiro atoms. The van der Waals surface area contributed by atoms with Crippen LogP contribution in [0.2, 0.25) is 5.28 Å². The molecule has 18 heteroatoms. The Balaban J connectivity index is 1.51. The minimum absolute atomic E-state index is 0.139. The van der Waals surface area contributed by atoms with E-state index in [2.05, 4.69) is 30.1 Å². The molecule has 4 rings (SSSR count). The summed E-state index contributed by atoms with van der Waals surface area (Å²) < 4.78 is 34.2. The van der Waals surface area contributed by atoms with Crippen LogP contribution in [0.1, 0.15) is 19.1 Å². The van der Waals surface area contributed by atoms with Crippen LogP contribution in [0.25, 0.3) is 11.0 Å². The molecule has 3 heterocycles. The first-order valence-electron chi connectivity index (χ1n) is 9.66. The van der Waals surface area contributed by atoms with E-state index in [1.807, 2.05) is 0 Å². The van der Waals surface area contributed by atoms with Gasteiger partial charge in [0, 0.05) is 6.21 Å². The molecule has 1 aliphatic carbocycles. The highest BCUT2D eigenvalue weighted by atomic mass is 35.5. The highest BCUT2D eigenvalue weighted by molar-refractivity contribution is 7.70. The van der Waals surface area contributed by atoms with Gasteiger partial charge in [-0.25, -0.2) is 4.68 Å². The monoisotopic (exact) mass is 526 g/mol. The van der Waals surface area contributed by atoms with Gasteiger partial charge in [-0.1, -0.05) is 0 Å². The molecule has 0 bridgehead atoms. The summed E-state index contributed by atoms with van der Waals surface area (Å²) in [4.78, 5) is 35.5. The molecule has 0 radical (unpaired) electrons. The number of aliphatic hydroxyl groups excluding tert-OH is 2. The number of ether oxygens (including phenoxy) is 1. The molecule has 5 atom stereocenters. The number of aromatic nitrogens is 4. The summed E-state index contributed by atoms with van der Waals surface area (Å²) in [5.41, 5.74) is 2.93. The average molecular weight is 527 g/mol. The molecule has 1 aliphatic heterocycles. The van der Waals surface area contributed by atoms with Crippen molar-refractivity contribution in [3.63, 3.8) is 0 Å². The van der Waals surface area contributed by atoms with Gasteiger partial charge in [0.05, 0.1) is 18.2 Å². The van der Waals surface area contributed by atoms with Crippen LogP contribution in [0.15, 0.2) is 11.3 Å². The van der Waals surface area contributed by atoms with E-state index in [9.17, 15) is 24.2 Å². The molecule has 15 nitrogen and oxygen atoms in total. The summed E-state index contributed by atoms with van der Waals surface area (Å²) in [7, 11) is -9.50. The summed E-state index contributed by atoms with van der Waals surface area (Å²) in [5.74, 6) is -0.709. The number of anilines is 1. The van der Waals surface area contributed by atoms with Crippen molar-refractivity contribution in [3.8, 4) is 0 Å². The van der Waals surface area contributed by atoms with E-state index >= 15 is 0 Å². The number of nitrogens with one attached hydrogen (secondary N) is 1. The van der Waals surface area contributed by atoms with Crippen LogP contribution in [0.5, 0.6) is 0 Å². The minimum Gasteiger partial charge on any atom is -0.387 e. The van der Waals surface area contributed by atoms with E-state index < -0.39 is 52.2 Å². The summed E-state index contributed by atoms with van der Waals surface area (Å²) >= 11 is 6.01. The van der Waals surface area contributed by atoms with Crippen molar-refractivity contribution in [1.82, 2.24) is 19.7 Å². The van der Waals surface area contributed by atoms with Crippen LogP contribution in [0, 0.1) is 5.92 Å². The standard InChI is InChI=1S/C15H21ClN6O9P2/c16-15-19-12(21-17-3-7-1-2-7)8-4-18-22(13(8)20-15)14-11(24)10(23)9(31-14)5-30-33(28,29)6-32(25,26)27/h3-4,7,9-11,14,23-24H,1-2,5-6H2,(H,28,29)(H,19,20,21)(H2,25,26,27)/b17-3+/t9-,10-,11-,14-/m1/s1. The predicted molar refractivity (Wildman–Crippen MR) is 114 cm³/mol. The number of halogens is 1. The Morgan fingerprint density at radius 1 is 1.27 bits per heavy atom. The Morgan fingerprint density at radius 2 is 2.00 bits per heavy atom. The van der Waals surface area contributed by atoms with Gasteiger partial charge in [0.25, 0.3) is 0 Å². The fourth-order valence-electron chi connectivity index (χ4n) is 3.15. The lowest BCUT2D eigenvalue weighted by Gasteiger charge is -2.18. The maximum absolute atomic E-state index is 11.8. The second-order valence-corrected chi connectivity index (χ2v) is 12.0. The summed E-state index contributed by atoms with van der Waals surface area (Å²) in [5, 5.41) is 29.3. The van der Waals surface area contributed by atoms with Crippen molar-refractivity contribution in [2.45, 2.75) is 37.4 Å². The maximum atomic E-state index is 11.8. The van der Waals surface area contributed by atoms with E-state index in [0.29, 0.717) is 11.3 Å². The van der Waals surface area contributed by atoms with Gasteiger partial charge in [0.2, 0.25) is 5.28 Å². The maximum Gasteiger partial charge on any atom is 0.340 e. The molecule has 2 aliphatic rings. The lowest BCUT2D eigenvalue weighted by molar-refractivity contribution is -0.0541. The zero-order valence-corrected chi connectivity index (χ0v) is 19.3. The zero-order chi connectivity index (χ0) is 24.0. The predicted octanol–water partition coefficient (Wildman–Crippen LogP) is 0.244. The molecular weight excluding hydrogens is 506 g/mol. The van der Waals surface area contributed by atoms with Crippen LogP contribution in [-0.4, -0.2) is 81.7 Å². The Hall–Kier alpha value is -1.51. The van der Waals surface area contributed by atoms with E-state index in [1.54, 1.807) is 6.21 Å². The Labute approximate surface area is 191 Å². The number of nitrogens with zero attached hydrogens (tertiary/aromatic N) is 5. The Morgan fingerprint density at radius 3 is 2.67 bits per heavy atom. The number of hydrogen-bond donors (Lipinski definition) is 6. The highest BCUT2D eigenvalue weighted by Crippen LogP contribution is 2.55.